The average molecular weight is 445 g/mol. The highest BCUT2D eigenvalue weighted by Crippen LogP contribution is 2.48. The van der Waals surface area contributed by atoms with Crippen molar-refractivity contribution in [3.8, 4) is 0 Å². The summed E-state index contributed by atoms with van der Waals surface area (Å²) in [5.41, 5.74) is 5.91. The van der Waals surface area contributed by atoms with Crippen molar-refractivity contribution < 1.29 is 14.7 Å². The van der Waals surface area contributed by atoms with Gasteiger partial charge in [-0.2, -0.15) is 0 Å². The minimum atomic E-state index is -1.20. The molecular weight excluding hydrogens is 416 g/mol. The third-order valence-electron chi connectivity index (χ3n) is 6.46. The minimum Gasteiger partial charge on any atom is -0.465 e. The molecule has 7 heteroatoms. The van der Waals surface area contributed by atoms with Crippen LogP contribution in [0.3, 0.4) is 0 Å². The maximum atomic E-state index is 12.7. The van der Waals surface area contributed by atoms with Gasteiger partial charge in [0, 0.05) is 26.1 Å². The van der Waals surface area contributed by atoms with Gasteiger partial charge in [-0.3, -0.25) is 4.90 Å². The fourth-order valence-corrected chi connectivity index (χ4v) is 5.15. The third-order valence-corrected chi connectivity index (χ3v) is 6.46. The van der Waals surface area contributed by atoms with Gasteiger partial charge in [0.1, 0.15) is 5.54 Å². The summed E-state index contributed by atoms with van der Waals surface area (Å²) in [6.07, 6.45) is -0.721. The molecule has 3 amide bonds. The van der Waals surface area contributed by atoms with E-state index >= 15 is 0 Å². The Morgan fingerprint density at radius 3 is 2.12 bits per heavy atom. The lowest BCUT2D eigenvalue weighted by molar-refractivity contribution is -0.0150. The smallest absolute Gasteiger partial charge is 0.408 e. The van der Waals surface area contributed by atoms with E-state index in [0.29, 0.717) is 19.5 Å². The zero-order valence-corrected chi connectivity index (χ0v) is 18.3. The first kappa shape index (κ1) is 22.4. The standard InChI is InChI=1S/C26H28N4O3/c27-23(31)29-25(21-12-6-2-7-13-21,18-20-10-4-1-5-11-20)26(22-14-8-3-9-15-22)19-28-16-17-30(26)24(32)33/h1-15,28H,16-19H2,(H,32,33)(H3,27,29,31). The summed E-state index contributed by atoms with van der Waals surface area (Å²) in [4.78, 5) is 26.8. The molecule has 1 aliphatic rings. The molecule has 1 saturated heterocycles. The molecule has 1 heterocycles. The molecule has 0 saturated carbocycles. The normalized spacial score (nSPS) is 19.9. The van der Waals surface area contributed by atoms with Crippen LogP contribution >= 0.6 is 0 Å². The Morgan fingerprint density at radius 1 is 0.970 bits per heavy atom. The molecule has 0 bridgehead atoms. The molecule has 2 unspecified atom stereocenters. The van der Waals surface area contributed by atoms with E-state index in [1.807, 2.05) is 91.0 Å². The highest BCUT2D eigenvalue weighted by atomic mass is 16.4. The molecule has 5 N–H and O–H groups in total. The topological polar surface area (TPSA) is 108 Å². The summed E-state index contributed by atoms with van der Waals surface area (Å²) in [6.45, 7) is 1.06. The van der Waals surface area contributed by atoms with E-state index < -0.39 is 23.2 Å². The first-order valence-corrected chi connectivity index (χ1v) is 10.9. The second-order valence-corrected chi connectivity index (χ2v) is 8.26. The van der Waals surface area contributed by atoms with Crippen molar-refractivity contribution in [3.63, 3.8) is 0 Å². The lowest BCUT2D eigenvalue weighted by Gasteiger charge is -2.57. The van der Waals surface area contributed by atoms with Crippen molar-refractivity contribution in [3.05, 3.63) is 108 Å². The van der Waals surface area contributed by atoms with Crippen LogP contribution in [0.25, 0.3) is 0 Å². The number of amides is 3. The number of nitrogens with two attached hydrogens (primary N) is 1. The molecule has 3 aromatic rings. The van der Waals surface area contributed by atoms with Gasteiger partial charge in [0.25, 0.3) is 0 Å². The highest BCUT2D eigenvalue weighted by molar-refractivity contribution is 5.75. The number of urea groups is 1. The molecule has 4 rings (SSSR count). The zero-order valence-electron chi connectivity index (χ0n) is 18.3. The number of nitrogens with one attached hydrogen (secondary N) is 2. The second kappa shape index (κ2) is 9.34. The summed E-state index contributed by atoms with van der Waals surface area (Å²) < 4.78 is 0. The summed E-state index contributed by atoms with van der Waals surface area (Å²) in [5.74, 6) is 0. The Balaban J connectivity index is 2.09. The molecule has 0 aromatic heterocycles. The number of benzene rings is 3. The fourth-order valence-electron chi connectivity index (χ4n) is 5.15. The van der Waals surface area contributed by atoms with Gasteiger partial charge in [0.2, 0.25) is 0 Å². The summed E-state index contributed by atoms with van der Waals surface area (Å²) in [5, 5.41) is 16.8. The minimum absolute atomic E-state index is 0.258. The van der Waals surface area contributed by atoms with Gasteiger partial charge in [0.05, 0.1) is 5.54 Å². The summed E-state index contributed by atoms with van der Waals surface area (Å²) >= 11 is 0. The van der Waals surface area contributed by atoms with Crippen LogP contribution in [0.2, 0.25) is 0 Å². The van der Waals surface area contributed by atoms with Crippen LogP contribution in [-0.4, -0.2) is 41.8 Å². The van der Waals surface area contributed by atoms with Crippen LogP contribution in [0.5, 0.6) is 0 Å². The van der Waals surface area contributed by atoms with Crippen LogP contribution < -0.4 is 16.4 Å². The average Bonchev–Trinajstić information content (AvgIpc) is 2.85. The molecule has 0 aliphatic carbocycles. The molecule has 170 valence electrons. The van der Waals surface area contributed by atoms with Crippen LogP contribution in [-0.2, 0) is 17.5 Å². The monoisotopic (exact) mass is 444 g/mol. The van der Waals surface area contributed by atoms with E-state index in [0.717, 1.165) is 16.7 Å². The van der Waals surface area contributed by atoms with E-state index in [-0.39, 0.29) is 6.54 Å². The van der Waals surface area contributed by atoms with E-state index in [2.05, 4.69) is 10.6 Å². The Hall–Kier alpha value is -3.84. The Labute approximate surface area is 193 Å². The number of hydrogen-bond donors (Lipinski definition) is 4. The summed E-state index contributed by atoms with van der Waals surface area (Å²) in [6, 6.07) is 28.0. The Morgan fingerprint density at radius 2 is 1.55 bits per heavy atom. The maximum Gasteiger partial charge on any atom is 0.408 e. The van der Waals surface area contributed by atoms with E-state index in [1.54, 1.807) is 0 Å². The quantitative estimate of drug-likeness (QED) is 0.468. The van der Waals surface area contributed by atoms with Gasteiger partial charge in [-0.1, -0.05) is 91.0 Å². The van der Waals surface area contributed by atoms with Crippen LogP contribution in [0, 0.1) is 0 Å². The van der Waals surface area contributed by atoms with Gasteiger partial charge >= 0.3 is 12.1 Å². The number of hydrogen-bond acceptors (Lipinski definition) is 3. The number of carboxylic acid groups (broad SMARTS) is 1. The van der Waals surface area contributed by atoms with Gasteiger partial charge in [-0.15, -0.1) is 0 Å². The van der Waals surface area contributed by atoms with Crippen molar-refractivity contribution in [2.75, 3.05) is 19.6 Å². The third kappa shape index (κ3) is 4.03. The van der Waals surface area contributed by atoms with Gasteiger partial charge in [-0.25, -0.2) is 9.59 Å². The molecule has 0 spiro atoms. The fraction of sp³-hybridized carbons (Fsp3) is 0.231. The van der Waals surface area contributed by atoms with E-state index in [9.17, 15) is 14.7 Å². The first-order valence-electron chi connectivity index (χ1n) is 10.9. The molecule has 0 radical (unpaired) electrons. The van der Waals surface area contributed by atoms with Crippen LogP contribution in [0.1, 0.15) is 16.7 Å². The van der Waals surface area contributed by atoms with E-state index in [4.69, 9.17) is 5.73 Å². The lowest BCUT2D eigenvalue weighted by Crippen LogP contribution is -2.74. The van der Waals surface area contributed by atoms with Crippen molar-refractivity contribution in [1.82, 2.24) is 15.5 Å². The second-order valence-electron chi connectivity index (χ2n) is 8.26. The molecule has 33 heavy (non-hydrogen) atoms. The number of carbonyl (C=O) groups is 2. The Kier molecular flexibility index (Phi) is 6.33. The lowest BCUT2D eigenvalue weighted by atomic mass is 9.63. The number of carbonyl (C=O) groups excluding carboxylic acids is 1. The molecule has 3 aromatic carbocycles. The van der Waals surface area contributed by atoms with Gasteiger partial charge < -0.3 is 21.5 Å². The SMILES string of the molecule is NC(=O)NC(Cc1ccccc1)(c1ccccc1)C1(c2ccccc2)CNCCN1C(=O)O. The molecule has 1 aliphatic heterocycles. The van der Waals surface area contributed by atoms with Crippen LogP contribution in [0.4, 0.5) is 9.59 Å². The number of piperazine rings is 1. The Bertz CT molecular complexity index is 1090. The molecule has 1 fully saturated rings. The number of primary amides is 1. The van der Waals surface area contributed by atoms with Gasteiger partial charge in [-0.05, 0) is 16.7 Å². The highest BCUT2D eigenvalue weighted by Gasteiger charge is 2.60. The van der Waals surface area contributed by atoms with Crippen molar-refractivity contribution in [1.29, 1.82) is 0 Å². The predicted octanol–water partition coefficient (Wildman–Crippen LogP) is 3.27. The largest absolute Gasteiger partial charge is 0.465 e. The van der Waals surface area contributed by atoms with Crippen LogP contribution in [0.15, 0.2) is 91.0 Å². The van der Waals surface area contributed by atoms with Gasteiger partial charge in [0.15, 0.2) is 0 Å². The molecular formula is C26H28N4O3. The van der Waals surface area contributed by atoms with Crippen molar-refractivity contribution in [2.24, 2.45) is 5.73 Å². The van der Waals surface area contributed by atoms with E-state index in [1.165, 1.54) is 4.90 Å². The molecule has 7 nitrogen and oxygen atoms in total. The number of nitrogens with zero attached hydrogens (tertiary/aromatic N) is 1. The van der Waals surface area contributed by atoms with Crippen molar-refractivity contribution in [2.45, 2.75) is 17.5 Å². The zero-order chi connectivity index (χ0) is 23.3. The maximum absolute atomic E-state index is 12.7. The molecule has 2 atom stereocenters. The van der Waals surface area contributed by atoms with Crippen molar-refractivity contribution >= 4 is 12.1 Å². The first-order chi connectivity index (χ1) is 16.0. The number of rotatable bonds is 6. The summed E-state index contributed by atoms with van der Waals surface area (Å²) in [7, 11) is 0. The predicted molar refractivity (Wildman–Crippen MR) is 127 cm³/mol.